The Kier molecular flexibility index (Phi) is 2.24. The van der Waals surface area contributed by atoms with Crippen molar-refractivity contribution < 1.29 is 0 Å². The molecule has 0 spiro atoms. The molecule has 1 rings (SSSR count). The van der Waals surface area contributed by atoms with Gasteiger partial charge in [-0.3, -0.25) is 0 Å². The van der Waals surface area contributed by atoms with Gasteiger partial charge in [0.1, 0.15) is 0 Å². The summed E-state index contributed by atoms with van der Waals surface area (Å²) in [5, 5.41) is 9.78. The van der Waals surface area contributed by atoms with Crippen molar-refractivity contribution in [3.8, 4) is 0 Å². The van der Waals surface area contributed by atoms with Crippen LogP contribution in [0, 0.1) is 0 Å². The van der Waals surface area contributed by atoms with Gasteiger partial charge in [-0.15, -0.1) is 9.30 Å². The zero-order valence-corrected chi connectivity index (χ0v) is 7.32. The minimum Gasteiger partial charge on any atom is -0.131 e. The van der Waals surface area contributed by atoms with Crippen LogP contribution in [-0.2, 0) is 3.79 Å². The van der Waals surface area contributed by atoms with Crippen molar-refractivity contribution in [1.82, 2.24) is 19.7 Å². The van der Waals surface area contributed by atoms with E-state index in [0.717, 1.165) is 4.20 Å². The first-order valence-electron chi connectivity index (χ1n) is 2.03. The zero-order chi connectivity index (χ0) is 7.78. The molecule has 4 nitrogen and oxygen atoms in total. The molecule has 0 aliphatic rings. The maximum atomic E-state index is 5.39. The Bertz CT molecular complexity index is 225. The number of aromatic nitrogens is 4. The molecule has 0 saturated heterocycles. The standard InChI is InChI=1S/C2Cl4N4/c3-2(4,5)1-7-8-9-10(1)6. The molecule has 0 bridgehead atoms. The number of rotatable bonds is 0. The van der Waals surface area contributed by atoms with Gasteiger partial charge in [0.05, 0.1) is 0 Å². The molecule has 0 aliphatic carbocycles. The smallest absolute Gasteiger partial charge is 0.131 e. The molecule has 56 valence electrons. The Labute approximate surface area is 76.1 Å². The average Bonchev–Trinajstić information content (AvgIpc) is 2.11. The summed E-state index contributed by atoms with van der Waals surface area (Å²) in [6, 6.07) is 0. The highest BCUT2D eigenvalue weighted by Gasteiger charge is 2.30. The summed E-state index contributed by atoms with van der Waals surface area (Å²) in [7, 11) is 0. The first-order chi connectivity index (χ1) is 4.52. The molecule has 0 atom stereocenters. The Hall–Kier alpha value is 0.230. The van der Waals surface area contributed by atoms with Gasteiger partial charge in [-0.2, -0.15) is 0 Å². The number of hydrogen-bond donors (Lipinski definition) is 0. The van der Waals surface area contributed by atoms with Gasteiger partial charge < -0.3 is 0 Å². The largest absolute Gasteiger partial charge is 0.253 e. The lowest BCUT2D eigenvalue weighted by atomic mass is 10.7. The van der Waals surface area contributed by atoms with E-state index in [2.05, 4.69) is 15.5 Å². The van der Waals surface area contributed by atoms with Crippen LogP contribution < -0.4 is 0 Å². The van der Waals surface area contributed by atoms with E-state index >= 15 is 0 Å². The van der Waals surface area contributed by atoms with Crippen LogP contribution in [0.4, 0.5) is 0 Å². The highest BCUT2D eigenvalue weighted by atomic mass is 35.6. The third-order valence-electron chi connectivity index (χ3n) is 0.686. The fourth-order valence-electron chi connectivity index (χ4n) is 0.338. The van der Waals surface area contributed by atoms with Crippen LogP contribution in [0.3, 0.4) is 0 Å². The molecule has 0 amide bonds. The molecule has 0 N–H and O–H groups in total. The second-order valence-electron chi connectivity index (χ2n) is 1.36. The molecular formula is C2Cl4N4. The van der Waals surface area contributed by atoms with E-state index < -0.39 is 3.79 Å². The molecule has 0 fully saturated rings. The van der Waals surface area contributed by atoms with Gasteiger partial charge in [0, 0.05) is 11.8 Å². The predicted octanol–water partition coefficient (Wildman–Crippen LogP) is 1.50. The van der Waals surface area contributed by atoms with E-state index in [1.165, 1.54) is 0 Å². The number of tetrazole rings is 1. The summed E-state index contributed by atoms with van der Waals surface area (Å²) in [5.41, 5.74) is 0. The monoisotopic (exact) mass is 220 g/mol. The van der Waals surface area contributed by atoms with Gasteiger partial charge in [-0.25, -0.2) is 0 Å². The van der Waals surface area contributed by atoms with Gasteiger partial charge in [0.15, 0.2) is 0 Å². The normalized spacial score (nSPS) is 12.0. The van der Waals surface area contributed by atoms with Crippen LogP contribution in [0.1, 0.15) is 5.82 Å². The van der Waals surface area contributed by atoms with Crippen molar-refractivity contribution in [3.63, 3.8) is 0 Å². The SMILES string of the molecule is Cln1nnnc1C(Cl)(Cl)Cl. The first-order valence-corrected chi connectivity index (χ1v) is 3.51. The van der Waals surface area contributed by atoms with E-state index in [4.69, 9.17) is 46.6 Å². The molecule has 8 heteroatoms. The van der Waals surface area contributed by atoms with Gasteiger partial charge >= 0.3 is 0 Å². The average molecular weight is 222 g/mol. The summed E-state index contributed by atoms with van der Waals surface area (Å²) in [5.74, 6) is -0.0285. The molecule has 0 aromatic carbocycles. The van der Waals surface area contributed by atoms with E-state index in [1.807, 2.05) is 0 Å². The lowest BCUT2D eigenvalue weighted by Gasteiger charge is -2.04. The van der Waals surface area contributed by atoms with Crippen LogP contribution in [-0.4, -0.2) is 19.7 Å². The molecule has 1 aromatic rings. The van der Waals surface area contributed by atoms with Gasteiger partial charge in [-0.1, -0.05) is 34.8 Å². The number of hydrogen-bond acceptors (Lipinski definition) is 3. The highest BCUT2D eigenvalue weighted by Crippen LogP contribution is 2.36. The third-order valence-corrected chi connectivity index (χ3v) is 1.42. The minimum atomic E-state index is -1.68. The van der Waals surface area contributed by atoms with Crippen LogP contribution in [0.15, 0.2) is 0 Å². The molecule has 10 heavy (non-hydrogen) atoms. The molecule has 0 saturated carbocycles. The van der Waals surface area contributed by atoms with Crippen LogP contribution in [0.25, 0.3) is 0 Å². The first kappa shape index (κ1) is 8.33. The summed E-state index contributed by atoms with van der Waals surface area (Å²) in [6.45, 7) is 0. The van der Waals surface area contributed by atoms with Crippen LogP contribution >= 0.6 is 46.6 Å². The lowest BCUT2D eigenvalue weighted by molar-refractivity contribution is 0.839. The van der Waals surface area contributed by atoms with E-state index in [0.29, 0.717) is 0 Å². The summed E-state index contributed by atoms with van der Waals surface area (Å²) < 4.78 is -0.905. The fourth-order valence-corrected chi connectivity index (χ4v) is 1.01. The summed E-state index contributed by atoms with van der Waals surface area (Å²) in [4.78, 5) is 0. The van der Waals surface area contributed by atoms with Crippen LogP contribution in [0.2, 0.25) is 0 Å². The lowest BCUT2D eigenvalue weighted by Crippen LogP contribution is -2.06. The summed E-state index contributed by atoms with van der Waals surface area (Å²) in [6.07, 6.45) is 0. The van der Waals surface area contributed by atoms with Crippen LogP contribution in [0.5, 0.6) is 0 Å². The van der Waals surface area contributed by atoms with Crippen molar-refractivity contribution in [3.05, 3.63) is 5.82 Å². The Morgan fingerprint density at radius 3 is 2.10 bits per heavy atom. The summed E-state index contributed by atoms with van der Waals surface area (Å²) >= 11 is 21.5. The van der Waals surface area contributed by atoms with Crippen molar-refractivity contribution in [2.24, 2.45) is 0 Å². The Morgan fingerprint density at radius 1 is 1.30 bits per heavy atom. The Balaban J connectivity index is 3.05. The molecule has 1 aromatic heterocycles. The van der Waals surface area contributed by atoms with Crippen molar-refractivity contribution >= 4 is 46.6 Å². The number of nitrogens with zero attached hydrogens (tertiary/aromatic N) is 4. The highest BCUT2D eigenvalue weighted by molar-refractivity contribution is 6.66. The molecule has 0 unspecified atom stereocenters. The third kappa shape index (κ3) is 1.63. The van der Waals surface area contributed by atoms with E-state index in [1.54, 1.807) is 0 Å². The second kappa shape index (κ2) is 2.70. The maximum Gasteiger partial charge on any atom is 0.253 e. The zero-order valence-electron chi connectivity index (χ0n) is 4.30. The fraction of sp³-hybridized carbons (Fsp3) is 0.500. The van der Waals surface area contributed by atoms with Crippen molar-refractivity contribution in [2.45, 2.75) is 3.79 Å². The maximum absolute atomic E-state index is 5.39. The van der Waals surface area contributed by atoms with E-state index in [-0.39, 0.29) is 5.82 Å². The predicted molar refractivity (Wildman–Crippen MR) is 38.3 cm³/mol. The van der Waals surface area contributed by atoms with Crippen molar-refractivity contribution in [2.75, 3.05) is 0 Å². The number of alkyl halides is 3. The quantitative estimate of drug-likeness (QED) is 0.624. The van der Waals surface area contributed by atoms with Gasteiger partial charge in [0.2, 0.25) is 5.82 Å². The molecular weight excluding hydrogens is 222 g/mol. The van der Waals surface area contributed by atoms with Gasteiger partial charge in [-0.05, 0) is 10.4 Å². The topological polar surface area (TPSA) is 43.6 Å². The van der Waals surface area contributed by atoms with Gasteiger partial charge in [0.25, 0.3) is 3.79 Å². The Morgan fingerprint density at radius 2 is 1.90 bits per heavy atom. The molecule has 0 aliphatic heterocycles. The molecule has 0 radical (unpaired) electrons. The van der Waals surface area contributed by atoms with E-state index in [9.17, 15) is 0 Å². The minimum absolute atomic E-state index is 0.0285. The molecule has 1 heterocycles. The van der Waals surface area contributed by atoms with Crippen molar-refractivity contribution in [1.29, 1.82) is 0 Å². The number of halogens is 4. The second-order valence-corrected chi connectivity index (χ2v) is 3.96.